The van der Waals surface area contributed by atoms with Crippen molar-refractivity contribution in [3.8, 4) is 5.75 Å². The number of benzene rings is 1. The molecule has 1 aromatic carbocycles. The van der Waals surface area contributed by atoms with Gasteiger partial charge in [0.05, 0.1) is 16.8 Å². The van der Waals surface area contributed by atoms with Gasteiger partial charge in [-0.1, -0.05) is 32.4 Å². The van der Waals surface area contributed by atoms with Crippen LogP contribution in [0.4, 0.5) is 0 Å². The molecule has 0 bridgehead atoms. The Hall–Kier alpha value is -1.39. The smallest absolute Gasteiger partial charge is 0.144 e. The highest BCUT2D eigenvalue weighted by molar-refractivity contribution is 7.09. The molecule has 2 aromatic rings. The van der Waals surface area contributed by atoms with E-state index in [1.807, 2.05) is 25.1 Å². The third-order valence-electron chi connectivity index (χ3n) is 3.72. The van der Waals surface area contributed by atoms with E-state index in [4.69, 9.17) is 9.72 Å². The molecule has 2 unspecified atom stereocenters. The van der Waals surface area contributed by atoms with Crippen LogP contribution in [0.1, 0.15) is 61.2 Å². The molecule has 2 atom stereocenters. The third-order valence-corrected chi connectivity index (χ3v) is 5.01. The first-order chi connectivity index (χ1) is 9.84. The number of hydrogen-bond donors (Lipinski definition) is 1. The van der Waals surface area contributed by atoms with Gasteiger partial charge in [0.25, 0.3) is 0 Å². The van der Waals surface area contributed by atoms with Crippen molar-refractivity contribution in [3.63, 3.8) is 0 Å². The Morgan fingerprint density at radius 1 is 1.33 bits per heavy atom. The van der Waals surface area contributed by atoms with E-state index in [2.05, 4.69) is 26.2 Å². The predicted molar refractivity (Wildman–Crippen MR) is 84.9 cm³/mol. The monoisotopic (exact) mass is 303 g/mol. The minimum Gasteiger partial charge on any atom is -0.484 e. The first-order valence-electron chi connectivity index (χ1n) is 7.26. The van der Waals surface area contributed by atoms with Gasteiger partial charge in [-0.3, -0.25) is 0 Å². The summed E-state index contributed by atoms with van der Waals surface area (Å²) in [6.45, 7) is 8.49. The van der Waals surface area contributed by atoms with E-state index in [9.17, 15) is 5.11 Å². The van der Waals surface area contributed by atoms with Crippen LogP contribution in [0.25, 0.3) is 0 Å². The number of nitrogens with zero attached hydrogens (tertiary/aromatic N) is 1. The Labute approximate surface area is 129 Å². The average Bonchev–Trinajstić information content (AvgIpc) is 2.89. The van der Waals surface area contributed by atoms with Crippen LogP contribution in [0.3, 0.4) is 0 Å². The van der Waals surface area contributed by atoms with Gasteiger partial charge in [0.1, 0.15) is 11.9 Å². The summed E-state index contributed by atoms with van der Waals surface area (Å²) in [7, 11) is 0. The molecule has 2 heterocycles. The second-order valence-corrected chi connectivity index (χ2v) is 7.58. The normalized spacial score (nSPS) is 21.8. The van der Waals surface area contributed by atoms with Crippen molar-refractivity contribution in [2.75, 3.05) is 0 Å². The molecule has 0 saturated carbocycles. The highest BCUT2D eigenvalue weighted by Crippen LogP contribution is 2.41. The Kier molecular flexibility index (Phi) is 3.54. The number of ether oxygens (including phenoxy) is 1. The quantitative estimate of drug-likeness (QED) is 0.853. The van der Waals surface area contributed by atoms with Gasteiger partial charge >= 0.3 is 0 Å². The third kappa shape index (κ3) is 2.83. The van der Waals surface area contributed by atoms with Crippen molar-refractivity contribution in [2.45, 2.75) is 51.7 Å². The number of aromatic nitrogens is 1. The lowest BCUT2D eigenvalue weighted by Crippen LogP contribution is -2.20. The molecular formula is C17H21NO2S. The van der Waals surface area contributed by atoms with Gasteiger partial charge in [-0.15, -0.1) is 11.3 Å². The average molecular weight is 303 g/mol. The van der Waals surface area contributed by atoms with E-state index < -0.39 is 6.10 Å². The van der Waals surface area contributed by atoms with Crippen molar-refractivity contribution >= 4 is 11.3 Å². The van der Waals surface area contributed by atoms with Gasteiger partial charge in [-0.2, -0.15) is 0 Å². The Morgan fingerprint density at radius 2 is 2.10 bits per heavy atom. The molecule has 3 nitrogen and oxygen atoms in total. The van der Waals surface area contributed by atoms with Crippen molar-refractivity contribution in [2.24, 2.45) is 0 Å². The maximum atomic E-state index is 10.4. The largest absolute Gasteiger partial charge is 0.484 e. The number of aliphatic hydroxyl groups excluding tert-OH is 1. The first-order valence-corrected chi connectivity index (χ1v) is 8.14. The van der Waals surface area contributed by atoms with Gasteiger partial charge in [0.15, 0.2) is 0 Å². The summed E-state index contributed by atoms with van der Waals surface area (Å²) < 4.78 is 6.05. The molecule has 1 aromatic heterocycles. The van der Waals surface area contributed by atoms with Crippen molar-refractivity contribution < 1.29 is 9.84 Å². The molecule has 0 amide bonds. The molecule has 0 aliphatic carbocycles. The zero-order chi connectivity index (χ0) is 15.2. The maximum absolute atomic E-state index is 10.4. The Bertz CT molecular complexity index is 657. The number of aryl methyl sites for hydroxylation is 1. The molecular weight excluding hydrogens is 282 g/mol. The molecule has 21 heavy (non-hydrogen) atoms. The van der Waals surface area contributed by atoms with Crippen LogP contribution < -0.4 is 4.74 Å². The van der Waals surface area contributed by atoms with E-state index in [1.54, 1.807) is 11.3 Å². The fraction of sp³-hybridized carbons (Fsp3) is 0.471. The number of thiazole rings is 1. The standard InChI is InChI=1S/C17H21NO2S/c1-10-5-6-14-11(7-10)13(19)8-15(20-14)12-9-21-16(18-12)17(2,3)4/h5-7,9,13,15,19H,8H2,1-4H3. The topological polar surface area (TPSA) is 42.4 Å². The summed E-state index contributed by atoms with van der Waals surface area (Å²) in [5.41, 5.74) is 3.00. The summed E-state index contributed by atoms with van der Waals surface area (Å²) in [6.07, 6.45) is -0.0926. The number of fused-ring (bicyclic) bond motifs is 1. The zero-order valence-corrected chi connectivity index (χ0v) is 13.7. The number of rotatable bonds is 1. The lowest BCUT2D eigenvalue weighted by atomic mass is 9.96. The minimum atomic E-state index is -0.488. The summed E-state index contributed by atoms with van der Waals surface area (Å²) >= 11 is 1.66. The molecule has 1 aliphatic rings. The van der Waals surface area contributed by atoms with E-state index in [0.717, 1.165) is 27.6 Å². The molecule has 1 N–H and O–H groups in total. The van der Waals surface area contributed by atoms with Crippen LogP contribution >= 0.6 is 11.3 Å². The molecule has 0 saturated heterocycles. The lowest BCUT2D eigenvalue weighted by Gasteiger charge is -2.29. The SMILES string of the molecule is Cc1ccc2c(c1)C(O)CC(c1csc(C(C)(C)C)n1)O2. The second-order valence-electron chi connectivity index (χ2n) is 6.73. The number of aliphatic hydroxyl groups is 1. The fourth-order valence-electron chi connectivity index (χ4n) is 2.53. The van der Waals surface area contributed by atoms with E-state index in [1.165, 1.54) is 0 Å². The fourth-order valence-corrected chi connectivity index (χ4v) is 3.47. The summed E-state index contributed by atoms with van der Waals surface area (Å²) in [5.74, 6) is 0.773. The van der Waals surface area contributed by atoms with Gasteiger partial charge in [0, 0.05) is 22.8 Å². The molecule has 0 spiro atoms. The van der Waals surface area contributed by atoms with Crippen LogP contribution in [0.15, 0.2) is 23.6 Å². The molecule has 112 valence electrons. The van der Waals surface area contributed by atoms with Crippen molar-refractivity contribution in [3.05, 3.63) is 45.4 Å². The summed E-state index contributed by atoms with van der Waals surface area (Å²) in [4.78, 5) is 4.71. The Balaban J connectivity index is 1.89. The van der Waals surface area contributed by atoms with E-state index in [0.29, 0.717) is 6.42 Å². The molecule has 3 rings (SSSR count). The summed E-state index contributed by atoms with van der Waals surface area (Å²) in [6, 6.07) is 5.95. The van der Waals surface area contributed by atoms with E-state index >= 15 is 0 Å². The van der Waals surface area contributed by atoms with Crippen molar-refractivity contribution in [1.82, 2.24) is 4.98 Å². The van der Waals surface area contributed by atoms with Gasteiger partial charge in [0.2, 0.25) is 0 Å². The summed E-state index contributed by atoms with van der Waals surface area (Å²) in [5, 5.41) is 13.5. The van der Waals surface area contributed by atoms with Crippen LogP contribution in [0.5, 0.6) is 5.75 Å². The highest BCUT2D eigenvalue weighted by atomic mass is 32.1. The van der Waals surface area contributed by atoms with E-state index in [-0.39, 0.29) is 11.5 Å². The van der Waals surface area contributed by atoms with Gasteiger partial charge in [-0.05, 0) is 19.1 Å². The van der Waals surface area contributed by atoms with Crippen LogP contribution in [0, 0.1) is 6.92 Å². The van der Waals surface area contributed by atoms with Crippen LogP contribution in [0.2, 0.25) is 0 Å². The second kappa shape index (κ2) is 5.11. The lowest BCUT2D eigenvalue weighted by molar-refractivity contribution is 0.0638. The van der Waals surface area contributed by atoms with Crippen molar-refractivity contribution in [1.29, 1.82) is 0 Å². The first kappa shape index (κ1) is 14.5. The number of hydrogen-bond acceptors (Lipinski definition) is 4. The highest BCUT2D eigenvalue weighted by Gasteiger charge is 2.30. The zero-order valence-electron chi connectivity index (χ0n) is 12.9. The van der Waals surface area contributed by atoms with Crippen LogP contribution in [-0.4, -0.2) is 10.1 Å². The molecule has 4 heteroatoms. The van der Waals surface area contributed by atoms with Gasteiger partial charge < -0.3 is 9.84 Å². The molecule has 1 aliphatic heterocycles. The van der Waals surface area contributed by atoms with Gasteiger partial charge in [-0.25, -0.2) is 4.98 Å². The molecule has 0 fully saturated rings. The molecule has 0 radical (unpaired) electrons. The van der Waals surface area contributed by atoms with Crippen LogP contribution in [-0.2, 0) is 5.41 Å². The maximum Gasteiger partial charge on any atom is 0.144 e. The Morgan fingerprint density at radius 3 is 2.76 bits per heavy atom. The predicted octanol–water partition coefficient (Wildman–Crippen LogP) is 4.31. The minimum absolute atomic E-state index is 0.0468.